The van der Waals surface area contributed by atoms with Crippen molar-refractivity contribution in [2.24, 2.45) is 0 Å². The SMILES string of the molecule is COc1ccccc1N1CCN(C(=O)[C@H](O)c2ccccc2)CC1=O. The van der Waals surface area contributed by atoms with Crippen LogP contribution in [0.25, 0.3) is 0 Å². The molecule has 0 aromatic heterocycles. The Morgan fingerprint density at radius 1 is 1.08 bits per heavy atom. The quantitative estimate of drug-likeness (QED) is 0.918. The summed E-state index contributed by atoms with van der Waals surface area (Å²) in [6.07, 6.45) is -1.26. The van der Waals surface area contributed by atoms with E-state index in [2.05, 4.69) is 0 Å². The molecule has 6 heteroatoms. The topological polar surface area (TPSA) is 70.1 Å². The van der Waals surface area contributed by atoms with Crippen molar-refractivity contribution in [3.63, 3.8) is 0 Å². The second-order valence-corrected chi connectivity index (χ2v) is 5.79. The summed E-state index contributed by atoms with van der Waals surface area (Å²) >= 11 is 0. The lowest BCUT2D eigenvalue weighted by atomic mass is 10.1. The number of nitrogens with zero attached hydrogens (tertiary/aromatic N) is 2. The van der Waals surface area contributed by atoms with Gasteiger partial charge < -0.3 is 19.6 Å². The largest absolute Gasteiger partial charge is 0.495 e. The second kappa shape index (κ2) is 7.36. The molecule has 2 amide bonds. The van der Waals surface area contributed by atoms with E-state index in [0.717, 1.165) is 0 Å². The van der Waals surface area contributed by atoms with E-state index in [-0.39, 0.29) is 12.5 Å². The van der Waals surface area contributed by atoms with Crippen LogP contribution >= 0.6 is 0 Å². The highest BCUT2D eigenvalue weighted by Gasteiger charge is 2.32. The fourth-order valence-electron chi connectivity index (χ4n) is 2.92. The molecule has 0 radical (unpaired) electrons. The zero-order chi connectivity index (χ0) is 17.8. The van der Waals surface area contributed by atoms with E-state index in [9.17, 15) is 14.7 Å². The summed E-state index contributed by atoms with van der Waals surface area (Å²) in [5.74, 6) is -0.0523. The van der Waals surface area contributed by atoms with Crippen LogP contribution in [0.1, 0.15) is 11.7 Å². The molecule has 0 saturated carbocycles. The summed E-state index contributed by atoms with van der Waals surface area (Å²) in [6, 6.07) is 16.0. The first-order chi connectivity index (χ1) is 12.1. The summed E-state index contributed by atoms with van der Waals surface area (Å²) < 4.78 is 5.30. The minimum Gasteiger partial charge on any atom is -0.495 e. The molecule has 1 aliphatic rings. The van der Waals surface area contributed by atoms with Gasteiger partial charge in [0.05, 0.1) is 12.8 Å². The van der Waals surface area contributed by atoms with Crippen molar-refractivity contribution < 1.29 is 19.4 Å². The lowest BCUT2D eigenvalue weighted by Crippen LogP contribution is -2.53. The molecule has 1 saturated heterocycles. The minimum absolute atomic E-state index is 0.0687. The Morgan fingerprint density at radius 3 is 2.44 bits per heavy atom. The normalized spacial score (nSPS) is 15.8. The van der Waals surface area contributed by atoms with Crippen LogP contribution in [0, 0.1) is 0 Å². The molecule has 1 N–H and O–H groups in total. The third-order valence-corrected chi connectivity index (χ3v) is 4.26. The molecule has 1 atom stereocenters. The molecular formula is C19H20N2O4. The molecule has 0 unspecified atom stereocenters. The first-order valence-corrected chi connectivity index (χ1v) is 8.07. The van der Waals surface area contributed by atoms with E-state index in [4.69, 9.17) is 4.74 Å². The number of anilines is 1. The maximum atomic E-state index is 12.5. The lowest BCUT2D eigenvalue weighted by Gasteiger charge is -2.35. The average molecular weight is 340 g/mol. The number of rotatable bonds is 4. The Balaban J connectivity index is 1.71. The van der Waals surface area contributed by atoms with Gasteiger partial charge in [0.15, 0.2) is 6.10 Å². The van der Waals surface area contributed by atoms with Gasteiger partial charge in [0.2, 0.25) is 5.91 Å². The maximum absolute atomic E-state index is 12.5. The lowest BCUT2D eigenvalue weighted by molar-refractivity contribution is -0.144. The van der Waals surface area contributed by atoms with E-state index >= 15 is 0 Å². The number of para-hydroxylation sites is 2. The van der Waals surface area contributed by atoms with Crippen molar-refractivity contribution in [1.82, 2.24) is 4.90 Å². The Labute approximate surface area is 146 Å². The number of aliphatic hydroxyl groups is 1. The van der Waals surface area contributed by atoms with Crippen LogP contribution in [0.3, 0.4) is 0 Å². The smallest absolute Gasteiger partial charge is 0.256 e. The number of piperazine rings is 1. The monoisotopic (exact) mass is 340 g/mol. The third-order valence-electron chi connectivity index (χ3n) is 4.26. The molecule has 130 valence electrons. The molecule has 0 bridgehead atoms. The van der Waals surface area contributed by atoms with Crippen LogP contribution in [0.5, 0.6) is 5.75 Å². The molecular weight excluding hydrogens is 320 g/mol. The molecule has 3 rings (SSSR count). The van der Waals surface area contributed by atoms with Crippen molar-refractivity contribution in [3.05, 3.63) is 60.2 Å². The number of methoxy groups -OCH3 is 1. The van der Waals surface area contributed by atoms with Crippen molar-refractivity contribution in [3.8, 4) is 5.75 Å². The van der Waals surface area contributed by atoms with Gasteiger partial charge in [-0.3, -0.25) is 9.59 Å². The Morgan fingerprint density at radius 2 is 1.76 bits per heavy atom. The Kier molecular flexibility index (Phi) is 5.00. The molecule has 0 spiro atoms. The second-order valence-electron chi connectivity index (χ2n) is 5.79. The zero-order valence-corrected chi connectivity index (χ0v) is 14.0. The van der Waals surface area contributed by atoms with Gasteiger partial charge in [-0.25, -0.2) is 0 Å². The van der Waals surface area contributed by atoms with Crippen LogP contribution in [-0.4, -0.2) is 48.6 Å². The van der Waals surface area contributed by atoms with E-state index in [1.807, 2.05) is 24.3 Å². The van der Waals surface area contributed by atoms with Gasteiger partial charge in [-0.2, -0.15) is 0 Å². The standard InChI is InChI=1S/C19H20N2O4/c1-25-16-10-6-5-9-15(16)21-12-11-20(13-17(21)22)19(24)18(23)14-7-3-2-4-8-14/h2-10,18,23H,11-13H2,1H3/t18-/m1/s1. The number of carbonyl (C=O) groups is 2. The maximum Gasteiger partial charge on any atom is 0.256 e. The van der Waals surface area contributed by atoms with Gasteiger partial charge in [0.25, 0.3) is 5.91 Å². The van der Waals surface area contributed by atoms with E-state index in [1.54, 1.807) is 42.3 Å². The summed E-state index contributed by atoms with van der Waals surface area (Å²) in [4.78, 5) is 28.0. The molecule has 2 aromatic carbocycles. The fraction of sp³-hybridized carbons (Fsp3) is 0.263. The number of amides is 2. The van der Waals surface area contributed by atoms with Crippen LogP contribution in [-0.2, 0) is 9.59 Å². The van der Waals surface area contributed by atoms with Gasteiger partial charge in [0, 0.05) is 13.1 Å². The number of hydrogen-bond donors (Lipinski definition) is 1. The van der Waals surface area contributed by atoms with Crippen molar-refractivity contribution in [1.29, 1.82) is 0 Å². The summed E-state index contributed by atoms with van der Waals surface area (Å²) in [5, 5.41) is 10.3. The van der Waals surface area contributed by atoms with Crippen molar-refractivity contribution >= 4 is 17.5 Å². The molecule has 1 heterocycles. The van der Waals surface area contributed by atoms with Gasteiger partial charge in [-0.1, -0.05) is 42.5 Å². The minimum atomic E-state index is -1.26. The molecule has 25 heavy (non-hydrogen) atoms. The molecule has 1 fully saturated rings. The third kappa shape index (κ3) is 3.49. The highest BCUT2D eigenvalue weighted by molar-refractivity contribution is 5.99. The van der Waals surface area contributed by atoms with Crippen LogP contribution in [0.15, 0.2) is 54.6 Å². The average Bonchev–Trinajstić information content (AvgIpc) is 2.67. The fourth-order valence-corrected chi connectivity index (χ4v) is 2.92. The molecule has 6 nitrogen and oxygen atoms in total. The van der Waals surface area contributed by atoms with Crippen LogP contribution in [0.2, 0.25) is 0 Å². The van der Waals surface area contributed by atoms with Gasteiger partial charge in [0.1, 0.15) is 12.3 Å². The Bertz CT molecular complexity index is 763. The highest BCUT2D eigenvalue weighted by Crippen LogP contribution is 2.29. The predicted octanol–water partition coefficient (Wildman–Crippen LogP) is 1.60. The predicted molar refractivity (Wildman–Crippen MR) is 93.3 cm³/mol. The summed E-state index contributed by atoms with van der Waals surface area (Å²) in [7, 11) is 1.55. The number of carbonyl (C=O) groups excluding carboxylic acids is 2. The van der Waals surface area contributed by atoms with Crippen LogP contribution in [0.4, 0.5) is 5.69 Å². The highest BCUT2D eigenvalue weighted by atomic mass is 16.5. The number of ether oxygens (including phenoxy) is 1. The van der Waals surface area contributed by atoms with E-state index in [1.165, 1.54) is 4.90 Å². The molecule has 0 aliphatic carbocycles. The first kappa shape index (κ1) is 17.0. The molecule has 2 aromatic rings. The summed E-state index contributed by atoms with van der Waals surface area (Å²) in [5.41, 5.74) is 1.21. The number of benzene rings is 2. The summed E-state index contributed by atoms with van der Waals surface area (Å²) in [6.45, 7) is 0.639. The van der Waals surface area contributed by atoms with Crippen molar-refractivity contribution in [2.75, 3.05) is 31.6 Å². The number of aliphatic hydroxyl groups excluding tert-OH is 1. The van der Waals surface area contributed by atoms with E-state index in [0.29, 0.717) is 30.1 Å². The Hall–Kier alpha value is -2.86. The van der Waals surface area contributed by atoms with Gasteiger partial charge in [-0.15, -0.1) is 0 Å². The van der Waals surface area contributed by atoms with Crippen LogP contribution < -0.4 is 9.64 Å². The van der Waals surface area contributed by atoms with E-state index < -0.39 is 12.0 Å². The van der Waals surface area contributed by atoms with Crippen molar-refractivity contribution in [2.45, 2.75) is 6.10 Å². The van der Waals surface area contributed by atoms with Gasteiger partial charge in [-0.05, 0) is 17.7 Å². The molecule has 1 aliphatic heterocycles. The number of hydrogen-bond acceptors (Lipinski definition) is 4. The zero-order valence-electron chi connectivity index (χ0n) is 14.0. The van der Waals surface area contributed by atoms with Gasteiger partial charge >= 0.3 is 0 Å². The first-order valence-electron chi connectivity index (χ1n) is 8.07.